The Morgan fingerprint density at radius 2 is 2.18 bits per heavy atom. The summed E-state index contributed by atoms with van der Waals surface area (Å²) in [4.78, 5) is 2.59. The summed E-state index contributed by atoms with van der Waals surface area (Å²) in [6.07, 6.45) is 3.86. The first kappa shape index (κ1) is 11.2. The van der Waals surface area contributed by atoms with Crippen LogP contribution in [0.1, 0.15) is 19.3 Å². The monoisotopic (exact) mass is 251 g/mol. The fourth-order valence-electron chi connectivity index (χ4n) is 3.12. The van der Waals surface area contributed by atoms with Gasteiger partial charge in [-0.3, -0.25) is 4.90 Å². The van der Waals surface area contributed by atoms with Crippen molar-refractivity contribution in [2.75, 3.05) is 24.1 Å². The number of rotatable bonds is 2. The van der Waals surface area contributed by atoms with Crippen molar-refractivity contribution in [3.8, 4) is 0 Å². The second-order valence-electron chi connectivity index (χ2n) is 5.02. The van der Waals surface area contributed by atoms with Gasteiger partial charge in [0.1, 0.15) is 0 Å². The van der Waals surface area contributed by atoms with Crippen LogP contribution in [0.15, 0.2) is 18.2 Å². The standard InChI is InChI=1S/C13H18ClN3/c14-9-3-4-11(10(15)8-9)16-12-5-7-17-6-1-2-13(12)17/h3-4,8,12-13,16H,1-2,5-7,15H2. The Morgan fingerprint density at radius 1 is 1.29 bits per heavy atom. The molecule has 4 heteroatoms. The number of fused-ring (bicyclic) bond motifs is 1. The zero-order chi connectivity index (χ0) is 11.8. The van der Waals surface area contributed by atoms with E-state index in [1.165, 1.54) is 32.4 Å². The molecule has 0 amide bonds. The molecule has 2 atom stereocenters. The topological polar surface area (TPSA) is 41.3 Å². The van der Waals surface area contributed by atoms with Gasteiger partial charge >= 0.3 is 0 Å². The van der Waals surface area contributed by atoms with Crippen molar-refractivity contribution in [2.24, 2.45) is 0 Å². The molecule has 0 spiro atoms. The highest BCUT2D eigenvalue weighted by Crippen LogP contribution is 2.32. The van der Waals surface area contributed by atoms with Gasteiger partial charge in [-0.1, -0.05) is 11.6 Å². The van der Waals surface area contributed by atoms with Gasteiger partial charge in [0, 0.05) is 23.7 Å². The summed E-state index contributed by atoms with van der Waals surface area (Å²) >= 11 is 5.91. The van der Waals surface area contributed by atoms with Crippen LogP contribution >= 0.6 is 11.6 Å². The van der Waals surface area contributed by atoms with Crippen molar-refractivity contribution in [1.29, 1.82) is 0 Å². The third kappa shape index (κ3) is 2.09. The molecule has 17 heavy (non-hydrogen) atoms. The molecule has 2 saturated heterocycles. The fourth-order valence-corrected chi connectivity index (χ4v) is 3.30. The van der Waals surface area contributed by atoms with Gasteiger partial charge in [-0.2, -0.15) is 0 Å². The molecule has 0 radical (unpaired) electrons. The first-order valence-electron chi connectivity index (χ1n) is 6.29. The van der Waals surface area contributed by atoms with Crippen molar-refractivity contribution in [3.63, 3.8) is 0 Å². The van der Waals surface area contributed by atoms with Gasteiger partial charge in [-0.25, -0.2) is 0 Å². The summed E-state index contributed by atoms with van der Waals surface area (Å²) in [7, 11) is 0. The molecule has 0 saturated carbocycles. The number of halogens is 1. The second kappa shape index (κ2) is 4.39. The lowest BCUT2D eigenvalue weighted by Gasteiger charge is -2.23. The summed E-state index contributed by atoms with van der Waals surface area (Å²) in [6, 6.07) is 6.92. The molecule has 2 unspecified atom stereocenters. The molecule has 1 aromatic rings. The van der Waals surface area contributed by atoms with Gasteiger partial charge in [0.2, 0.25) is 0 Å². The lowest BCUT2D eigenvalue weighted by Crippen LogP contribution is -2.33. The number of benzene rings is 1. The molecular formula is C13H18ClN3. The summed E-state index contributed by atoms with van der Waals surface area (Å²) in [5.74, 6) is 0. The van der Waals surface area contributed by atoms with Crippen molar-refractivity contribution >= 4 is 23.0 Å². The third-order valence-corrected chi connectivity index (χ3v) is 4.20. The first-order valence-corrected chi connectivity index (χ1v) is 6.67. The van der Waals surface area contributed by atoms with Crippen molar-refractivity contribution in [1.82, 2.24) is 4.90 Å². The molecule has 0 bridgehead atoms. The van der Waals surface area contributed by atoms with Gasteiger partial charge in [0.15, 0.2) is 0 Å². The number of anilines is 2. The molecule has 0 aromatic heterocycles. The molecule has 92 valence electrons. The summed E-state index contributed by atoms with van der Waals surface area (Å²) in [5.41, 5.74) is 7.74. The Kier molecular flexibility index (Phi) is 2.89. The Labute approximate surface area is 107 Å². The molecule has 2 heterocycles. The van der Waals surface area contributed by atoms with Crippen LogP contribution in [-0.4, -0.2) is 30.1 Å². The Balaban J connectivity index is 1.74. The second-order valence-corrected chi connectivity index (χ2v) is 5.45. The number of hydrogen-bond acceptors (Lipinski definition) is 3. The predicted octanol–water partition coefficient (Wildman–Crippen LogP) is 2.57. The predicted molar refractivity (Wildman–Crippen MR) is 72.5 cm³/mol. The van der Waals surface area contributed by atoms with E-state index in [1.54, 1.807) is 0 Å². The van der Waals surface area contributed by atoms with Crippen LogP contribution in [0.25, 0.3) is 0 Å². The largest absolute Gasteiger partial charge is 0.397 e. The molecule has 2 aliphatic rings. The van der Waals surface area contributed by atoms with E-state index in [-0.39, 0.29) is 0 Å². The maximum Gasteiger partial charge on any atom is 0.0577 e. The van der Waals surface area contributed by atoms with Crippen LogP contribution in [0.2, 0.25) is 5.02 Å². The maximum atomic E-state index is 5.98. The molecule has 3 rings (SSSR count). The highest BCUT2D eigenvalue weighted by molar-refractivity contribution is 6.31. The van der Waals surface area contributed by atoms with Crippen molar-refractivity contribution in [2.45, 2.75) is 31.3 Å². The summed E-state index contributed by atoms with van der Waals surface area (Å²) in [6.45, 7) is 2.48. The summed E-state index contributed by atoms with van der Waals surface area (Å²) in [5, 5.41) is 4.28. The Hall–Kier alpha value is -0.930. The Bertz CT molecular complexity index is 421. The minimum absolute atomic E-state index is 0.543. The van der Waals surface area contributed by atoms with Gasteiger partial charge in [-0.05, 0) is 44.0 Å². The molecule has 0 aliphatic carbocycles. The SMILES string of the molecule is Nc1cc(Cl)ccc1NC1CCN2CCCC12. The van der Waals surface area contributed by atoms with E-state index < -0.39 is 0 Å². The number of nitrogens with one attached hydrogen (secondary N) is 1. The fraction of sp³-hybridized carbons (Fsp3) is 0.538. The van der Waals surface area contributed by atoms with E-state index in [0.29, 0.717) is 17.1 Å². The normalized spacial score (nSPS) is 28.3. The van der Waals surface area contributed by atoms with Crippen LogP contribution in [0.5, 0.6) is 0 Å². The van der Waals surface area contributed by atoms with Crippen LogP contribution in [0.3, 0.4) is 0 Å². The van der Waals surface area contributed by atoms with Crippen molar-refractivity contribution in [3.05, 3.63) is 23.2 Å². The Morgan fingerprint density at radius 3 is 3.00 bits per heavy atom. The van der Waals surface area contributed by atoms with E-state index >= 15 is 0 Å². The highest BCUT2D eigenvalue weighted by Gasteiger charge is 2.37. The molecule has 2 fully saturated rings. The zero-order valence-electron chi connectivity index (χ0n) is 9.82. The molecular weight excluding hydrogens is 234 g/mol. The van der Waals surface area contributed by atoms with Crippen LogP contribution in [-0.2, 0) is 0 Å². The number of hydrogen-bond donors (Lipinski definition) is 2. The maximum absolute atomic E-state index is 5.98. The molecule has 3 N–H and O–H groups in total. The minimum atomic E-state index is 0.543. The minimum Gasteiger partial charge on any atom is -0.397 e. The quantitative estimate of drug-likeness (QED) is 0.794. The molecule has 3 nitrogen and oxygen atoms in total. The lowest BCUT2D eigenvalue weighted by atomic mass is 10.1. The lowest BCUT2D eigenvalue weighted by molar-refractivity contribution is 0.318. The van der Waals surface area contributed by atoms with Crippen molar-refractivity contribution < 1.29 is 0 Å². The van der Waals surface area contributed by atoms with E-state index in [4.69, 9.17) is 17.3 Å². The van der Waals surface area contributed by atoms with Gasteiger partial charge < -0.3 is 11.1 Å². The van der Waals surface area contributed by atoms with Crippen LogP contribution in [0.4, 0.5) is 11.4 Å². The van der Waals surface area contributed by atoms with E-state index in [9.17, 15) is 0 Å². The van der Waals surface area contributed by atoms with E-state index in [2.05, 4.69) is 10.2 Å². The number of nitrogens with zero attached hydrogens (tertiary/aromatic N) is 1. The average molecular weight is 252 g/mol. The average Bonchev–Trinajstić information content (AvgIpc) is 2.86. The molecule has 1 aromatic carbocycles. The summed E-state index contributed by atoms with van der Waals surface area (Å²) < 4.78 is 0. The highest BCUT2D eigenvalue weighted by atomic mass is 35.5. The first-order chi connectivity index (χ1) is 8.24. The van der Waals surface area contributed by atoms with Gasteiger partial charge in [0.05, 0.1) is 11.4 Å². The van der Waals surface area contributed by atoms with Crippen LogP contribution in [0, 0.1) is 0 Å². The zero-order valence-corrected chi connectivity index (χ0v) is 10.6. The van der Waals surface area contributed by atoms with Crippen LogP contribution < -0.4 is 11.1 Å². The smallest absolute Gasteiger partial charge is 0.0577 e. The van der Waals surface area contributed by atoms with E-state index in [0.717, 1.165) is 11.4 Å². The van der Waals surface area contributed by atoms with Gasteiger partial charge in [-0.15, -0.1) is 0 Å². The third-order valence-electron chi connectivity index (χ3n) is 3.96. The number of nitrogen functional groups attached to an aromatic ring is 1. The van der Waals surface area contributed by atoms with E-state index in [1.807, 2.05) is 18.2 Å². The van der Waals surface area contributed by atoms with Gasteiger partial charge in [0.25, 0.3) is 0 Å². The molecule has 2 aliphatic heterocycles. The number of nitrogens with two attached hydrogens (primary N) is 1.